The van der Waals surface area contributed by atoms with Crippen molar-refractivity contribution in [3.63, 3.8) is 0 Å². The second-order valence-electron chi connectivity index (χ2n) is 3.65. The van der Waals surface area contributed by atoms with Crippen molar-refractivity contribution >= 4 is 11.6 Å². The molecule has 0 bridgehead atoms. The zero-order valence-electron chi connectivity index (χ0n) is 9.16. The molecule has 0 saturated carbocycles. The van der Waals surface area contributed by atoms with E-state index in [1.54, 1.807) is 18.5 Å². The molecule has 0 saturated heterocycles. The number of halogens is 1. The normalized spacial score (nSPS) is 10.7. The van der Waals surface area contributed by atoms with Crippen molar-refractivity contribution in [3.8, 4) is 5.75 Å². The molecular formula is C11H17ClN2O. The minimum Gasteiger partial charge on any atom is -0.492 e. The van der Waals surface area contributed by atoms with Gasteiger partial charge in [-0.05, 0) is 13.0 Å². The van der Waals surface area contributed by atoms with Gasteiger partial charge in [0.05, 0.1) is 17.8 Å². The molecule has 0 atom stereocenters. The number of aromatic nitrogens is 1. The molecule has 0 aromatic carbocycles. The first-order valence-corrected chi connectivity index (χ1v) is 5.53. The van der Waals surface area contributed by atoms with E-state index in [9.17, 15) is 0 Å². The van der Waals surface area contributed by atoms with Crippen molar-refractivity contribution in [2.24, 2.45) is 0 Å². The maximum Gasteiger partial charge on any atom is 0.139 e. The third-order valence-electron chi connectivity index (χ3n) is 1.82. The van der Waals surface area contributed by atoms with Crippen LogP contribution in [0.25, 0.3) is 0 Å². The summed E-state index contributed by atoms with van der Waals surface area (Å²) in [6.07, 6.45) is 4.24. The highest BCUT2D eigenvalue weighted by Gasteiger charge is 1.96. The van der Waals surface area contributed by atoms with Gasteiger partial charge in [0.25, 0.3) is 0 Å². The second kappa shape index (κ2) is 6.64. The predicted molar refractivity (Wildman–Crippen MR) is 62.5 cm³/mol. The Kier molecular flexibility index (Phi) is 5.43. The molecule has 0 aliphatic carbocycles. The molecule has 1 N–H and O–H groups in total. The number of pyridine rings is 1. The van der Waals surface area contributed by atoms with Gasteiger partial charge in [-0.15, -0.1) is 0 Å². The number of nitrogens with zero attached hydrogens (tertiary/aromatic N) is 1. The van der Waals surface area contributed by atoms with E-state index in [1.165, 1.54) is 0 Å². The van der Waals surface area contributed by atoms with Crippen LogP contribution in [0.4, 0.5) is 0 Å². The second-order valence-corrected chi connectivity index (χ2v) is 4.09. The summed E-state index contributed by atoms with van der Waals surface area (Å²) in [4.78, 5) is 3.94. The van der Waals surface area contributed by atoms with Gasteiger partial charge in [-0.1, -0.05) is 25.4 Å². The van der Waals surface area contributed by atoms with Crippen LogP contribution in [0.3, 0.4) is 0 Å². The van der Waals surface area contributed by atoms with Crippen LogP contribution in [0.5, 0.6) is 5.75 Å². The third-order valence-corrected chi connectivity index (χ3v) is 2.03. The highest BCUT2D eigenvalue weighted by atomic mass is 35.5. The minimum absolute atomic E-state index is 0.526. The van der Waals surface area contributed by atoms with Gasteiger partial charge in [0.2, 0.25) is 0 Å². The Morgan fingerprint density at radius 1 is 1.47 bits per heavy atom. The van der Waals surface area contributed by atoms with Crippen molar-refractivity contribution in [2.75, 3.05) is 13.2 Å². The average Bonchev–Trinajstić information content (AvgIpc) is 2.17. The third kappa shape index (κ3) is 5.60. The number of hydrogen-bond donors (Lipinski definition) is 1. The lowest BCUT2D eigenvalue weighted by atomic mass is 10.3. The molecule has 0 aliphatic heterocycles. The Balaban J connectivity index is 2.15. The van der Waals surface area contributed by atoms with E-state index >= 15 is 0 Å². The topological polar surface area (TPSA) is 34.1 Å². The zero-order chi connectivity index (χ0) is 11.1. The lowest BCUT2D eigenvalue weighted by Gasteiger charge is -2.08. The standard InChI is InChI=1S/C11H17ClN2O/c1-9(2)14-4-3-5-15-11-6-10(12)7-13-8-11/h6-9,14H,3-5H2,1-2H3. The van der Waals surface area contributed by atoms with Crippen LogP contribution in [0.15, 0.2) is 18.5 Å². The number of hydrogen-bond acceptors (Lipinski definition) is 3. The van der Waals surface area contributed by atoms with Gasteiger partial charge in [0, 0.05) is 18.3 Å². The van der Waals surface area contributed by atoms with Crippen LogP contribution in [0, 0.1) is 0 Å². The van der Waals surface area contributed by atoms with Crippen molar-refractivity contribution in [3.05, 3.63) is 23.5 Å². The fourth-order valence-corrected chi connectivity index (χ4v) is 1.29. The first-order valence-electron chi connectivity index (χ1n) is 5.15. The van der Waals surface area contributed by atoms with Crippen molar-refractivity contribution in [2.45, 2.75) is 26.3 Å². The summed E-state index contributed by atoms with van der Waals surface area (Å²) in [6.45, 7) is 5.90. The van der Waals surface area contributed by atoms with Gasteiger partial charge in [-0.2, -0.15) is 0 Å². The molecule has 1 aromatic heterocycles. The Morgan fingerprint density at radius 2 is 2.27 bits per heavy atom. The summed E-state index contributed by atoms with van der Waals surface area (Å²) >= 11 is 5.77. The molecule has 0 radical (unpaired) electrons. The lowest BCUT2D eigenvalue weighted by molar-refractivity contribution is 0.305. The summed E-state index contributed by atoms with van der Waals surface area (Å²) in [5, 5.41) is 3.93. The monoisotopic (exact) mass is 228 g/mol. The van der Waals surface area contributed by atoms with Crippen LogP contribution in [0.2, 0.25) is 5.02 Å². The summed E-state index contributed by atoms with van der Waals surface area (Å²) in [6, 6.07) is 2.29. The molecule has 0 spiro atoms. The Labute approximate surface area is 95.8 Å². The van der Waals surface area contributed by atoms with Gasteiger partial charge in [0.15, 0.2) is 0 Å². The molecule has 0 unspecified atom stereocenters. The van der Waals surface area contributed by atoms with Crippen molar-refractivity contribution in [1.29, 1.82) is 0 Å². The predicted octanol–water partition coefficient (Wildman–Crippen LogP) is 2.50. The summed E-state index contributed by atoms with van der Waals surface area (Å²) in [5.74, 6) is 0.729. The first kappa shape index (κ1) is 12.3. The molecule has 3 nitrogen and oxygen atoms in total. The van der Waals surface area contributed by atoms with E-state index in [0.717, 1.165) is 18.7 Å². The molecule has 1 aromatic rings. The number of nitrogens with one attached hydrogen (secondary N) is 1. The lowest BCUT2D eigenvalue weighted by Crippen LogP contribution is -2.24. The quantitative estimate of drug-likeness (QED) is 0.760. The van der Waals surface area contributed by atoms with Gasteiger partial charge < -0.3 is 10.1 Å². The average molecular weight is 229 g/mol. The van der Waals surface area contributed by atoms with E-state index < -0.39 is 0 Å². The van der Waals surface area contributed by atoms with E-state index in [0.29, 0.717) is 17.7 Å². The molecule has 0 amide bonds. The molecule has 84 valence electrons. The SMILES string of the molecule is CC(C)NCCCOc1cncc(Cl)c1. The van der Waals surface area contributed by atoms with Crippen LogP contribution in [0.1, 0.15) is 20.3 Å². The molecule has 0 fully saturated rings. The van der Waals surface area contributed by atoms with Crippen LogP contribution in [-0.2, 0) is 0 Å². The van der Waals surface area contributed by atoms with E-state index in [2.05, 4.69) is 24.1 Å². The fourth-order valence-electron chi connectivity index (χ4n) is 1.12. The van der Waals surface area contributed by atoms with Crippen LogP contribution in [-0.4, -0.2) is 24.2 Å². The first-order chi connectivity index (χ1) is 7.18. The molecule has 0 aliphatic rings. The molecule has 1 rings (SSSR count). The van der Waals surface area contributed by atoms with Crippen molar-refractivity contribution < 1.29 is 4.74 Å². The number of rotatable bonds is 6. The Morgan fingerprint density at radius 3 is 2.93 bits per heavy atom. The summed E-state index contributed by atoms with van der Waals surface area (Å²) < 4.78 is 5.48. The Hall–Kier alpha value is -0.800. The number of ether oxygens (including phenoxy) is 1. The van der Waals surface area contributed by atoms with Crippen LogP contribution < -0.4 is 10.1 Å². The molecule has 4 heteroatoms. The zero-order valence-corrected chi connectivity index (χ0v) is 9.92. The maximum atomic E-state index is 5.77. The maximum absolute atomic E-state index is 5.77. The van der Waals surface area contributed by atoms with Gasteiger partial charge in [0.1, 0.15) is 5.75 Å². The van der Waals surface area contributed by atoms with Crippen LogP contribution >= 0.6 is 11.6 Å². The highest BCUT2D eigenvalue weighted by Crippen LogP contribution is 2.14. The minimum atomic E-state index is 0.526. The molecule has 1 heterocycles. The van der Waals surface area contributed by atoms with Gasteiger partial charge in [-0.3, -0.25) is 4.98 Å². The van der Waals surface area contributed by atoms with E-state index in [4.69, 9.17) is 16.3 Å². The largest absolute Gasteiger partial charge is 0.492 e. The highest BCUT2D eigenvalue weighted by molar-refractivity contribution is 6.30. The van der Waals surface area contributed by atoms with E-state index in [1.807, 2.05) is 0 Å². The smallest absolute Gasteiger partial charge is 0.139 e. The van der Waals surface area contributed by atoms with Crippen molar-refractivity contribution in [1.82, 2.24) is 10.3 Å². The van der Waals surface area contributed by atoms with Gasteiger partial charge >= 0.3 is 0 Å². The molecule has 15 heavy (non-hydrogen) atoms. The van der Waals surface area contributed by atoms with E-state index in [-0.39, 0.29) is 0 Å². The Bertz CT molecular complexity index is 292. The summed E-state index contributed by atoms with van der Waals surface area (Å²) in [7, 11) is 0. The van der Waals surface area contributed by atoms with Gasteiger partial charge in [-0.25, -0.2) is 0 Å². The fraction of sp³-hybridized carbons (Fsp3) is 0.545. The summed E-state index contributed by atoms with van der Waals surface area (Å²) in [5.41, 5.74) is 0. The molecular weight excluding hydrogens is 212 g/mol.